The molecule has 3 nitrogen and oxygen atoms in total. The Hall–Kier alpha value is -1.12. The van der Waals surface area contributed by atoms with Crippen LogP contribution in [0.2, 0.25) is 0 Å². The molecule has 0 saturated heterocycles. The van der Waals surface area contributed by atoms with Crippen molar-refractivity contribution in [2.24, 2.45) is 0 Å². The third kappa shape index (κ3) is 2.04. The predicted octanol–water partition coefficient (Wildman–Crippen LogP) is 3.32. The van der Waals surface area contributed by atoms with Crippen LogP contribution in [0, 0.1) is 0 Å². The van der Waals surface area contributed by atoms with E-state index in [0.717, 1.165) is 0 Å². The molecule has 16 heavy (non-hydrogen) atoms. The summed E-state index contributed by atoms with van der Waals surface area (Å²) in [5.74, 6) is 0.682. The third-order valence-electron chi connectivity index (χ3n) is 3.39. The molecule has 1 aliphatic carbocycles. The highest BCUT2D eigenvalue weighted by atomic mass is 16.1. The van der Waals surface area contributed by atoms with Crippen LogP contribution in [0.3, 0.4) is 0 Å². The molecule has 1 saturated carbocycles. The fraction of sp³-hybridized carbons (Fsp3) is 0.692. The number of hydrogen-bond donors (Lipinski definition) is 0. The maximum atomic E-state index is 11.4. The highest BCUT2D eigenvalue weighted by Gasteiger charge is 2.23. The number of aromatic nitrogens is 2. The van der Waals surface area contributed by atoms with E-state index in [9.17, 15) is 4.79 Å². The largest absolute Gasteiger partial charge is 0.293 e. The summed E-state index contributed by atoms with van der Waals surface area (Å²) in [6, 6.07) is 2.34. The molecule has 0 N–H and O–H groups in total. The van der Waals surface area contributed by atoms with E-state index in [1.807, 2.05) is 10.7 Å². The van der Waals surface area contributed by atoms with Crippen LogP contribution in [0.1, 0.15) is 74.6 Å². The van der Waals surface area contributed by atoms with Gasteiger partial charge in [-0.1, -0.05) is 12.8 Å². The van der Waals surface area contributed by atoms with Gasteiger partial charge in [0, 0.05) is 24.6 Å². The zero-order valence-electron chi connectivity index (χ0n) is 10.4. The standard InChI is InChI=1S/C13H20N2O/c1-9(2)15-13(11-6-4-5-7-11)8-12(14-15)10(3)16/h8-9,11H,4-7H2,1-3H3. The van der Waals surface area contributed by atoms with E-state index in [0.29, 0.717) is 17.7 Å². The van der Waals surface area contributed by atoms with Crippen molar-refractivity contribution < 1.29 is 4.79 Å². The van der Waals surface area contributed by atoms with Gasteiger partial charge in [0.15, 0.2) is 5.78 Å². The molecule has 2 rings (SSSR count). The Morgan fingerprint density at radius 1 is 1.44 bits per heavy atom. The Morgan fingerprint density at radius 2 is 2.06 bits per heavy atom. The van der Waals surface area contributed by atoms with E-state index < -0.39 is 0 Å². The van der Waals surface area contributed by atoms with Gasteiger partial charge < -0.3 is 0 Å². The summed E-state index contributed by atoms with van der Waals surface area (Å²) in [5.41, 5.74) is 1.88. The molecule has 3 heteroatoms. The second kappa shape index (κ2) is 4.40. The molecule has 0 bridgehead atoms. The van der Waals surface area contributed by atoms with E-state index >= 15 is 0 Å². The molecule has 0 amide bonds. The lowest BCUT2D eigenvalue weighted by molar-refractivity contribution is 0.101. The fourth-order valence-electron chi connectivity index (χ4n) is 2.52. The highest BCUT2D eigenvalue weighted by molar-refractivity contribution is 5.92. The van der Waals surface area contributed by atoms with Crippen molar-refractivity contribution in [2.75, 3.05) is 0 Å². The minimum Gasteiger partial charge on any atom is -0.293 e. The Balaban J connectivity index is 2.37. The number of carbonyl (C=O) groups is 1. The normalized spacial score (nSPS) is 17.2. The van der Waals surface area contributed by atoms with Gasteiger partial charge in [0.25, 0.3) is 0 Å². The lowest BCUT2D eigenvalue weighted by Crippen LogP contribution is -2.10. The molecule has 1 aromatic heterocycles. The van der Waals surface area contributed by atoms with E-state index in [-0.39, 0.29) is 5.78 Å². The molecule has 0 aliphatic heterocycles. The Labute approximate surface area is 96.8 Å². The Kier molecular flexibility index (Phi) is 3.13. The van der Waals surface area contributed by atoms with E-state index in [2.05, 4.69) is 18.9 Å². The molecule has 0 spiro atoms. The highest BCUT2D eigenvalue weighted by Crippen LogP contribution is 2.35. The summed E-state index contributed by atoms with van der Waals surface area (Å²) < 4.78 is 2.03. The van der Waals surface area contributed by atoms with Crippen molar-refractivity contribution in [3.05, 3.63) is 17.5 Å². The van der Waals surface area contributed by atoms with Gasteiger partial charge in [0.05, 0.1) is 0 Å². The smallest absolute Gasteiger partial charge is 0.179 e. The van der Waals surface area contributed by atoms with Crippen LogP contribution in [0.5, 0.6) is 0 Å². The summed E-state index contributed by atoms with van der Waals surface area (Å²) in [7, 11) is 0. The van der Waals surface area contributed by atoms with E-state index in [1.165, 1.54) is 31.4 Å². The van der Waals surface area contributed by atoms with Gasteiger partial charge >= 0.3 is 0 Å². The van der Waals surface area contributed by atoms with Gasteiger partial charge in [-0.05, 0) is 32.8 Å². The zero-order chi connectivity index (χ0) is 11.7. The first-order valence-electron chi connectivity index (χ1n) is 6.20. The number of rotatable bonds is 3. The van der Waals surface area contributed by atoms with Gasteiger partial charge in [-0.3, -0.25) is 9.48 Å². The number of nitrogens with zero attached hydrogens (tertiary/aromatic N) is 2. The van der Waals surface area contributed by atoms with Gasteiger partial charge in [0.1, 0.15) is 5.69 Å². The molecule has 0 atom stereocenters. The monoisotopic (exact) mass is 220 g/mol. The van der Waals surface area contributed by atoms with Crippen LogP contribution < -0.4 is 0 Å². The Bertz CT molecular complexity index is 387. The van der Waals surface area contributed by atoms with Crippen LogP contribution >= 0.6 is 0 Å². The average molecular weight is 220 g/mol. The molecule has 1 heterocycles. The average Bonchev–Trinajstić information content (AvgIpc) is 2.86. The Morgan fingerprint density at radius 3 is 2.56 bits per heavy atom. The summed E-state index contributed by atoms with van der Waals surface area (Å²) in [5, 5.41) is 4.42. The quantitative estimate of drug-likeness (QED) is 0.732. The topological polar surface area (TPSA) is 34.9 Å². The number of carbonyl (C=O) groups excluding carboxylic acids is 1. The zero-order valence-corrected chi connectivity index (χ0v) is 10.4. The van der Waals surface area contributed by atoms with Crippen LogP contribution in [-0.4, -0.2) is 15.6 Å². The maximum absolute atomic E-state index is 11.4. The second-order valence-corrected chi connectivity index (χ2v) is 5.03. The second-order valence-electron chi connectivity index (χ2n) is 5.03. The molecule has 1 fully saturated rings. The summed E-state index contributed by atoms with van der Waals surface area (Å²) in [6.07, 6.45) is 5.11. The molecule has 0 radical (unpaired) electrons. The van der Waals surface area contributed by atoms with Crippen LogP contribution in [-0.2, 0) is 0 Å². The lowest BCUT2D eigenvalue weighted by atomic mass is 10.0. The minimum atomic E-state index is 0.0682. The van der Waals surface area contributed by atoms with Gasteiger partial charge in [-0.2, -0.15) is 5.10 Å². The molecule has 1 aliphatic rings. The molecular formula is C13H20N2O. The van der Waals surface area contributed by atoms with Crippen molar-refractivity contribution in [3.63, 3.8) is 0 Å². The first-order chi connectivity index (χ1) is 7.59. The minimum absolute atomic E-state index is 0.0682. The van der Waals surface area contributed by atoms with Crippen molar-refractivity contribution in [1.82, 2.24) is 9.78 Å². The van der Waals surface area contributed by atoms with Gasteiger partial charge in [-0.25, -0.2) is 0 Å². The van der Waals surface area contributed by atoms with Crippen molar-refractivity contribution >= 4 is 5.78 Å². The fourth-order valence-corrected chi connectivity index (χ4v) is 2.52. The number of Topliss-reactive ketones (excluding diaryl/α,β-unsaturated/α-hetero) is 1. The number of hydrogen-bond acceptors (Lipinski definition) is 2. The molecule has 88 valence electrons. The summed E-state index contributed by atoms with van der Waals surface area (Å²) in [4.78, 5) is 11.4. The molecule has 1 aromatic rings. The van der Waals surface area contributed by atoms with E-state index in [4.69, 9.17) is 0 Å². The molecule has 0 aromatic carbocycles. The van der Waals surface area contributed by atoms with Gasteiger partial charge in [0.2, 0.25) is 0 Å². The van der Waals surface area contributed by atoms with Crippen LogP contribution in [0.25, 0.3) is 0 Å². The van der Waals surface area contributed by atoms with Crippen molar-refractivity contribution in [2.45, 2.75) is 58.4 Å². The van der Waals surface area contributed by atoms with Gasteiger partial charge in [-0.15, -0.1) is 0 Å². The molecule has 0 unspecified atom stereocenters. The lowest BCUT2D eigenvalue weighted by Gasteiger charge is -2.15. The summed E-state index contributed by atoms with van der Waals surface area (Å²) >= 11 is 0. The maximum Gasteiger partial charge on any atom is 0.179 e. The predicted molar refractivity (Wildman–Crippen MR) is 63.8 cm³/mol. The first kappa shape index (κ1) is 11.4. The van der Waals surface area contributed by atoms with Crippen LogP contribution in [0.15, 0.2) is 6.07 Å². The van der Waals surface area contributed by atoms with E-state index in [1.54, 1.807) is 6.92 Å². The third-order valence-corrected chi connectivity index (χ3v) is 3.39. The summed E-state index contributed by atoms with van der Waals surface area (Å²) in [6.45, 7) is 5.83. The van der Waals surface area contributed by atoms with Crippen molar-refractivity contribution in [1.29, 1.82) is 0 Å². The van der Waals surface area contributed by atoms with Crippen LogP contribution in [0.4, 0.5) is 0 Å². The van der Waals surface area contributed by atoms with Crippen molar-refractivity contribution in [3.8, 4) is 0 Å². The number of ketones is 1. The first-order valence-corrected chi connectivity index (χ1v) is 6.20. The SMILES string of the molecule is CC(=O)c1cc(C2CCCC2)n(C(C)C)n1. The molecular weight excluding hydrogens is 200 g/mol.